The Morgan fingerprint density at radius 1 is 1.35 bits per heavy atom. The minimum Gasteiger partial charge on any atom is -0.357 e. The van der Waals surface area contributed by atoms with Gasteiger partial charge in [-0.3, -0.25) is 9.78 Å². The first-order valence-corrected chi connectivity index (χ1v) is 9.18. The average Bonchev–Trinajstić information content (AvgIpc) is 2.98. The molecular weight excluding hydrogens is 461 g/mol. The summed E-state index contributed by atoms with van der Waals surface area (Å²) in [6.07, 6.45) is 4.19. The van der Waals surface area contributed by atoms with Crippen LogP contribution in [-0.2, 0) is 11.2 Å². The fourth-order valence-electron chi connectivity index (χ4n) is 2.29. The van der Waals surface area contributed by atoms with E-state index in [1.54, 1.807) is 35.9 Å². The van der Waals surface area contributed by atoms with Crippen molar-refractivity contribution in [2.45, 2.75) is 33.2 Å². The molecule has 1 atom stereocenters. The van der Waals surface area contributed by atoms with Gasteiger partial charge >= 0.3 is 0 Å². The molecule has 0 saturated carbocycles. The van der Waals surface area contributed by atoms with Gasteiger partial charge in [-0.2, -0.15) is 0 Å². The van der Waals surface area contributed by atoms with Gasteiger partial charge in [0.2, 0.25) is 5.91 Å². The lowest BCUT2D eigenvalue weighted by atomic mass is 10.2. The van der Waals surface area contributed by atoms with Crippen LogP contribution in [0.25, 0.3) is 0 Å². The van der Waals surface area contributed by atoms with Gasteiger partial charge in [0, 0.05) is 35.0 Å². The molecule has 2 heterocycles. The second-order valence-corrected chi connectivity index (χ2v) is 7.12. The Morgan fingerprint density at radius 3 is 2.77 bits per heavy atom. The van der Waals surface area contributed by atoms with Gasteiger partial charge in [0.15, 0.2) is 5.96 Å². The number of aryl methyl sites for hydroxylation is 1. The quantitative estimate of drug-likeness (QED) is 0.319. The highest BCUT2D eigenvalue weighted by Crippen LogP contribution is 2.16. The standard InChI is InChI=1S/C18H25N5OS.HI/c1-4-20-18(22-13(2)10-16-8-7-14(3)25-16)21-12-17(24)23-15-6-5-9-19-11-15;/h5-9,11,13H,4,10,12H2,1-3H3,(H,23,24)(H2,20,21,22);1H. The Morgan fingerprint density at radius 2 is 2.15 bits per heavy atom. The first kappa shape index (κ1) is 22.4. The molecule has 0 radical (unpaired) electrons. The molecule has 0 bridgehead atoms. The second kappa shape index (κ2) is 11.8. The van der Waals surface area contributed by atoms with Gasteiger partial charge in [-0.25, -0.2) is 4.99 Å². The molecule has 2 aromatic heterocycles. The number of hydrogen-bond acceptors (Lipinski definition) is 4. The Balaban J connectivity index is 0.00000338. The summed E-state index contributed by atoms with van der Waals surface area (Å²) in [6.45, 7) is 7.01. The van der Waals surface area contributed by atoms with Crippen LogP contribution in [0.15, 0.2) is 41.7 Å². The zero-order chi connectivity index (χ0) is 18.1. The van der Waals surface area contributed by atoms with E-state index in [1.165, 1.54) is 9.75 Å². The molecule has 2 aromatic rings. The maximum Gasteiger partial charge on any atom is 0.246 e. The van der Waals surface area contributed by atoms with E-state index >= 15 is 0 Å². The summed E-state index contributed by atoms with van der Waals surface area (Å²) < 4.78 is 0. The van der Waals surface area contributed by atoms with Crippen LogP contribution < -0.4 is 16.0 Å². The largest absolute Gasteiger partial charge is 0.357 e. The van der Waals surface area contributed by atoms with Gasteiger partial charge in [0.25, 0.3) is 0 Å². The van der Waals surface area contributed by atoms with Gasteiger partial charge in [0.05, 0.1) is 11.9 Å². The topological polar surface area (TPSA) is 78.4 Å². The number of aliphatic imine (C=N–C) groups is 1. The predicted molar refractivity (Wildman–Crippen MR) is 120 cm³/mol. The lowest BCUT2D eigenvalue weighted by Gasteiger charge is -2.17. The number of carbonyl (C=O) groups is 1. The fraction of sp³-hybridized carbons (Fsp3) is 0.389. The minimum atomic E-state index is -0.174. The Kier molecular flexibility index (Phi) is 10.2. The van der Waals surface area contributed by atoms with Crippen LogP contribution in [0, 0.1) is 6.92 Å². The van der Waals surface area contributed by atoms with Crippen molar-refractivity contribution in [3.8, 4) is 0 Å². The molecule has 0 aromatic carbocycles. The minimum absolute atomic E-state index is 0. The molecular formula is C18H26IN5OS. The second-order valence-electron chi connectivity index (χ2n) is 5.75. The number of amides is 1. The molecule has 1 amide bonds. The molecule has 0 aliphatic carbocycles. The fourth-order valence-corrected chi connectivity index (χ4v) is 3.31. The zero-order valence-electron chi connectivity index (χ0n) is 15.3. The maximum atomic E-state index is 12.0. The van der Waals surface area contributed by atoms with Gasteiger partial charge in [0.1, 0.15) is 6.54 Å². The Bertz CT molecular complexity index is 705. The first-order valence-electron chi connectivity index (χ1n) is 8.37. The molecule has 1 unspecified atom stereocenters. The third-order valence-electron chi connectivity index (χ3n) is 3.36. The lowest BCUT2D eigenvalue weighted by Crippen LogP contribution is -2.43. The number of hydrogen-bond donors (Lipinski definition) is 3. The molecule has 3 N–H and O–H groups in total. The summed E-state index contributed by atoms with van der Waals surface area (Å²) in [5.74, 6) is 0.469. The third-order valence-corrected chi connectivity index (χ3v) is 4.38. The molecule has 0 spiro atoms. The van der Waals surface area contributed by atoms with Gasteiger partial charge in [-0.1, -0.05) is 0 Å². The van der Waals surface area contributed by atoms with E-state index in [2.05, 4.69) is 51.9 Å². The summed E-state index contributed by atoms with van der Waals surface area (Å²) >= 11 is 1.81. The van der Waals surface area contributed by atoms with E-state index in [-0.39, 0.29) is 42.5 Å². The van der Waals surface area contributed by atoms with E-state index in [4.69, 9.17) is 0 Å². The number of halogens is 1. The highest BCUT2D eigenvalue weighted by Gasteiger charge is 2.09. The van der Waals surface area contributed by atoms with Gasteiger partial charge in [-0.05, 0) is 45.0 Å². The lowest BCUT2D eigenvalue weighted by molar-refractivity contribution is -0.114. The maximum absolute atomic E-state index is 12.0. The summed E-state index contributed by atoms with van der Waals surface area (Å²) in [5.41, 5.74) is 0.669. The number of carbonyl (C=O) groups excluding carboxylic acids is 1. The summed E-state index contributed by atoms with van der Waals surface area (Å²) in [4.78, 5) is 23.0. The molecule has 0 fully saturated rings. The Labute approximate surface area is 175 Å². The molecule has 0 saturated heterocycles. The van der Waals surface area contributed by atoms with Crippen LogP contribution >= 0.6 is 35.3 Å². The Hall–Kier alpha value is -1.68. The van der Waals surface area contributed by atoms with Crippen molar-refractivity contribution in [1.29, 1.82) is 0 Å². The van der Waals surface area contributed by atoms with Crippen molar-refractivity contribution in [3.63, 3.8) is 0 Å². The van der Waals surface area contributed by atoms with Crippen molar-refractivity contribution < 1.29 is 4.79 Å². The predicted octanol–water partition coefficient (Wildman–Crippen LogP) is 3.19. The van der Waals surface area contributed by atoms with E-state index in [9.17, 15) is 4.79 Å². The number of pyridine rings is 1. The average molecular weight is 487 g/mol. The number of guanidine groups is 1. The number of anilines is 1. The van der Waals surface area contributed by atoms with Crippen LogP contribution in [-0.4, -0.2) is 36.0 Å². The van der Waals surface area contributed by atoms with Crippen molar-refractivity contribution in [2.75, 3.05) is 18.4 Å². The normalized spacial score (nSPS) is 12.0. The summed E-state index contributed by atoms with van der Waals surface area (Å²) in [7, 11) is 0. The van der Waals surface area contributed by atoms with Crippen molar-refractivity contribution >= 4 is 52.9 Å². The van der Waals surface area contributed by atoms with Crippen LogP contribution in [0.1, 0.15) is 23.6 Å². The van der Waals surface area contributed by atoms with Crippen LogP contribution in [0.5, 0.6) is 0 Å². The number of aromatic nitrogens is 1. The van der Waals surface area contributed by atoms with Crippen LogP contribution in [0.2, 0.25) is 0 Å². The molecule has 142 valence electrons. The highest BCUT2D eigenvalue weighted by molar-refractivity contribution is 14.0. The molecule has 2 rings (SSSR count). The van der Waals surface area contributed by atoms with Gasteiger partial charge < -0.3 is 16.0 Å². The van der Waals surface area contributed by atoms with Crippen molar-refractivity contribution in [2.24, 2.45) is 4.99 Å². The molecule has 26 heavy (non-hydrogen) atoms. The monoisotopic (exact) mass is 487 g/mol. The van der Waals surface area contributed by atoms with E-state index in [0.29, 0.717) is 11.6 Å². The van der Waals surface area contributed by atoms with Crippen LogP contribution in [0.4, 0.5) is 5.69 Å². The van der Waals surface area contributed by atoms with Gasteiger partial charge in [-0.15, -0.1) is 35.3 Å². The summed E-state index contributed by atoms with van der Waals surface area (Å²) in [6, 6.07) is 8.08. The van der Waals surface area contributed by atoms with E-state index in [1.807, 2.05) is 6.92 Å². The smallest absolute Gasteiger partial charge is 0.246 e. The molecule has 0 aliphatic rings. The number of nitrogens with zero attached hydrogens (tertiary/aromatic N) is 2. The molecule has 8 heteroatoms. The number of rotatable bonds is 7. The van der Waals surface area contributed by atoms with Crippen LogP contribution in [0.3, 0.4) is 0 Å². The van der Waals surface area contributed by atoms with Crippen molar-refractivity contribution in [1.82, 2.24) is 15.6 Å². The number of nitrogens with one attached hydrogen (secondary N) is 3. The number of thiophene rings is 1. The van der Waals surface area contributed by atoms with E-state index < -0.39 is 0 Å². The molecule has 6 nitrogen and oxygen atoms in total. The SMILES string of the molecule is CCNC(=NCC(=O)Nc1cccnc1)NC(C)Cc1ccc(C)s1.I. The third kappa shape index (κ3) is 8.13. The first-order chi connectivity index (χ1) is 12.1. The van der Waals surface area contributed by atoms with Crippen molar-refractivity contribution in [3.05, 3.63) is 46.4 Å². The molecule has 0 aliphatic heterocycles. The zero-order valence-corrected chi connectivity index (χ0v) is 18.4. The van der Waals surface area contributed by atoms with E-state index in [0.717, 1.165) is 13.0 Å². The highest BCUT2D eigenvalue weighted by atomic mass is 127. The summed E-state index contributed by atoms with van der Waals surface area (Å²) in [5, 5.41) is 9.29.